The van der Waals surface area contributed by atoms with Gasteiger partial charge in [0.25, 0.3) is 5.91 Å². The summed E-state index contributed by atoms with van der Waals surface area (Å²) in [4.78, 5) is 15.5. The molecule has 4 saturated carbocycles. The maximum absolute atomic E-state index is 13.1. The Morgan fingerprint density at radius 2 is 1.61 bits per heavy atom. The quantitative estimate of drug-likeness (QED) is 0.757. The molecule has 1 aliphatic heterocycles. The molecule has 5 fully saturated rings. The van der Waals surface area contributed by atoms with Crippen molar-refractivity contribution in [3.63, 3.8) is 0 Å². The summed E-state index contributed by atoms with van der Waals surface area (Å²) in [5, 5.41) is 3.26. The molecule has 0 spiro atoms. The third-order valence-electron chi connectivity index (χ3n) is 8.55. The molecule has 4 aliphatic carbocycles. The number of rotatable bonds is 5. The molecule has 1 aromatic rings. The van der Waals surface area contributed by atoms with E-state index in [1.165, 1.54) is 42.8 Å². The van der Waals surface area contributed by atoms with Crippen molar-refractivity contribution in [1.29, 1.82) is 0 Å². The van der Waals surface area contributed by atoms with Crippen LogP contribution in [0.15, 0.2) is 29.2 Å². The Bertz CT molecular complexity index is 917. The van der Waals surface area contributed by atoms with Gasteiger partial charge in [-0.15, -0.1) is 0 Å². The van der Waals surface area contributed by atoms with Crippen molar-refractivity contribution in [3.8, 4) is 0 Å². The third-order valence-corrected chi connectivity index (χ3v) is 10.4. The van der Waals surface area contributed by atoms with Crippen LogP contribution < -0.4 is 5.32 Å². The van der Waals surface area contributed by atoms with Gasteiger partial charge in [0.1, 0.15) is 0 Å². The standard InChI is InChI=1S/C24H35N3O3S/c1-17(24-14-18-10-19(15-24)12-20(11-18)16-24)25-23(28)21-4-3-5-22(13-21)31(29,30)27-8-6-26(2)7-9-27/h3-5,13,17-20H,6-12,14-16H2,1-2H3,(H,25,28)/t17-,18?,19?,20?,24?/m1/s1. The van der Waals surface area contributed by atoms with Crippen molar-refractivity contribution in [2.75, 3.05) is 33.2 Å². The molecular weight excluding hydrogens is 410 g/mol. The van der Waals surface area contributed by atoms with Gasteiger partial charge in [0, 0.05) is 37.8 Å². The Morgan fingerprint density at radius 1 is 1.03 bits per heavy atom. The van der Waals surface area contributed by atoms with Gasteiger partial charge < -0.3 is 10.2 Å². The minimum Gasteiger partial charge on any atom is -0.349 e. The first-order chi connectivity index (χ1) is 14.7. The zero-order valence-corrected chi connectivity index (χ0v) is 19.5. The van der Waals surface area contributed by atoms with Crippen molar-refractivity contribution in [2.45, 2.75) is 56.4 Å². The molecule has 1 saturated heterocycles. The van der Waals surface area contributed by atoms with Crippen LogP contribution in [0, 0.1) is 23.2 Å². The monoisotopic (exact) mass is 445 g/mol. The summed E-state index contributed by atoms with van der Waals surface area (Å²) in [6.07, 6.45) is 7.85. The van der Waals surface area contributed by atoms with Gasteiger partial charge in [-0.1, -0.05) is 6.07 Å². The summed E-state index contributed by atoms with van der Waals surface area (Å²) in [5.74, 6) is 2.35. The van der Waals surface area contributed by atoms with Gasteiger partial charge in [-0.05, 0) is 93.9 Å². The fourth-order valence-electron chi connectivity index (χ4n) is 7.12. The molecule has 6 rings (SSSR count). The highest BCUT2D eigenvalue weighted by Gasteiger charge is 2.53. The predicted molar refractivity (Wildman–Crippen MR) is 120 cm³/mol. The molecule has 0 radical (unpaired) electrons. The Balaban J connectivity index is 1.30. The Morgan fingerprint density at radius 3 is 2.19 bits per heavy atom. The lowest BCUT2D eigenvalue weighted by molar-refractivity contribution is -0.0688. The van der Waals surface area contributed by atoms with E-state index in [-0.39, 0.29) is 22.3 Å². The first-order valence-electron chi connectivity index (χ1n) is 11.8. The largest absolute Gasteiger partial charge is 0.349 e. The Kier molecular flexibility index (Phi) is 5.42. The number of hydrogen-bond acceptors (Lipinski definition) is 4. The summed E-state index contributed by atoms with van der Waals surface area (Å²) in [6, 6.07) is 6.69. The van der Waals surface area contributed by atoms with Crippen LogP contribution in [-0.4, -0.2) is 62.8 Å². The first-order valence-corrected chi connectivity index (χ1v) is 13.3. The second kappa shape index (κ2) is 7.85. The third kappa shape index (κ3) is 3.93. The van der Waals surface area contributed by atoms with Crippen molar-refractivity contribution in [1.82, 2.24) is 14.5 Å². The van der Waals surface area contributed by atoms with E-state index < -0.39 is 10.0 Å². The Labute approximate surface area is 186 Å². The SMILES string of the molecule is C[C@@H](NC(=O)c1cccc(S(=O)(=O)N2CCN(C)CC2)c1)C12CC3CC(CC(C3)C1)C2. The number of sulfonamides is 1. The number of nitrogens with zero attached hydrogens (tertiary/aromatic N) is 2. The van der Waals surface area contributed by atoms with Gasteiger partial charge >= 0.3 is 0 Å². The molecule has 5 aliphatic rings. The van der Waals surface area contributed by atoms with E-state index in [0.29, 0.717) is 18.7 Å². The van der Waals surface area contributed by atoms with Crippen LogP contribution in [0.3, 0.4) is 0 Å². The number of amides is 1. The second-order valence-electron chi connectivity index (χ2n) is 10.7. The topological polar surface area (TPSA) is 69.7 Å². The van der Waals surface area contributed by atoms with Crippen LogP contribution >= 0.6 is 0 Å². The lowest BCUT2D eigenvalue weighted by atomic mass is 9.48. The van der Waals surface area contributed by atoms with Gasteiger partial charge in [0.05, 0.1) is 4.90 Å². The first kappa shape index (κ1) is 21.4. The summed E-state index contributed by atoms with van der Waals surface area (Å²) in [5.41, 5.74) is 0.667. The second-order valence-corrected chi connectivity index (χ2v) is 12.6. The number of nitrogens with one attached hydrogen (secondary N) is 1. The summed E-state index contributed by atoms with van der Waals surface area (Å²) in [7, 11) is -1.58. The van der Waals surface area contributed by atoms with Crippen molar-refractivity contribution >= 4 is 15.9 Å². The maximum Gasteiger partial charge on any atom is 0.251 e. The number of likely N-dealkylation sites (N-methyl/N-ethyl adjacent to an activating group) is 1. The van der Waals surface area contributed by atoms with E-state index in [9.17, 15) is 13.2 Å². The number of carbonyl (C=O) groups is 1. The van der Waals surface area contributed by atoms with Gasteiger partial charge in [-0.3, -0.25) is 4.79 Å². The van der Waals surface area contributed by atoms with Crippen molar-refractivity contribution in [3.05, 3.63) is 29.8 Å². The molecule has 7 heteroatoms. The van der Waals surface area contributed by atoms with Crippen molar-refractivity contribution < 1.29 is 13.2 Å². The molecule has 1 amide bonds. The minimum atomic E-state index is -3.58. The molecule has 1 heterocycles. The van der Waals surface area contributed by atoms with Crippen LogP contribution in [-0.2, 0) is 10.0 Å². The molecular formula is C24H35N3O3S. The highest BCUT2D eigenvalue weighted by molar-refractivity contribution is 7.89. The highest BCUT2D eigenvalue weighted by Crippen LogP contribution is 2.61. The van der Waals surface area contributed by atoms with Crippen LogP contribution in [0.1, 0.15) is 55.8 Å². The number of hydrogen-bond donors (Lipinski definition) is 1. The average Bonchev–Trinajstić information content (AvgIpc) is 2.73. The van der Waals surface area contributed by atoms with Crippen LogP contribution in [0.4, 0.5) is 0 Å². The van der Waals surface area contributed by atoms with E-state index >= 15 is 0 Å². The molecule has 1 N–H and O–H groups in total. The number of benzene rings is 1. The normalized spacial score (nSPS) is 34.6. The zero-order valence-electron chi connectivity index (χ0n) is 18.7. The Hall–Kier alpha value is -1.44. The van der Waals surface area contributed by atoms with E-state index in [4.69, 9.17) is 0 Å². The van der Waals surface area contributed by atoms with E-state index in [0.717, 1.165) is 30.8 Å². The van der Waals surface area contributed by atoms with E-state index in [2.05, 4.69) is 17.1 Å². The fourth-order valence-corrected chi connectivity index (χ4v) is 8.58. The lowest BCUT2D eigenvalue weighted by Gasteiger charge is -2.59. The van der Waals surface area contributed by atoms with Gasteiger partial charge in [-0.2, -0.15) is 4.31 Å². The molecule has 6 nitrogen and oxygen atoms in total. The van der Waals surface area contributed by atoms with Gasteiger partial charge in [0.2, 0.25) is 10.0 Å². The summed E-state index contributed by atoms with van der Waals surface area (Å²) in [6.45, 7) is 4.58. The fraction of sp³-hybridized carbons (Fsp3) is 0.708. The molecule has 31 heavy (non-hydrogen) atoms. The smallest absolute Gasteiger partial charge is 0.251 e. The molecule has 0 unspecified atom stereocenters. The lowest BCUT2D eigenvalue weighted by Crippen LogP contribution is -2.55. The summed E-state index contributed by atoms with van der Waals surface area (Å²) < 4.78 is 27.7. The van der Waals surface area contributed by atoms with Crippen molar-refractivity contribution in [2.24, 2.45) is 23.2 Å². The number of carbonyl (C=O) groups excluding carboxylic acids is 1. The van der Waals surface area contributed by atoms with E-state index in [1.54, 1.807) is 24.3 Å². The average molecular weight is 446 g/mol. The van der Waals surface area contributed by atoms with Crippen LogP contribution in [0.25, 0.3) is 0 Å². The van der Waals surface area contributed by atoms with Crippen LogP contribution in [0.2, 0.25) is 0 Å². The zero-order chi connectivity index (χ0) is 21.8. The van der Waals surface area contributed by atoms with Gasteiger partial charge in [-0.25, -0.2) is 8.42 Å². The molecule has 0 aromatic heterocycles. The van der Waals surface area contributed by atoms with E-state index in [1.807, 2.05) is 7.05 Å². The maximum atomic E-state index is 13.1. The summed E-state index contributed by atoms with van der Waals surface area (Å²) >= 11 is 0. The number of piperazine rings is 1. The minimum absolute atomic E-state index is 0.117. The highest BCUT2D eigenvalue weighted by atomic mass is 32.2. The molecule has 1 atom stereocenters. The van der Waals surface area contributed by atoms with Gasteiger partial charge in [0.15, 0.2) is 0 Å². The molecule has 1 aromatic carbocycles. The molecule has 4 bridgehead atoms. The predicted octanol–water partition coefficient (Wildman–Crippen LogP) is 2.96. The van der Waals surface area contributed by atoms with Crippen LogP contribution in [0.5, 0.6) is 0 Å². The molecule has 170 valence electrons.